The van der Waals surface area contributed by atoms with Crippen LogP contribution in [0.15, 0.2) is 46.9 Å². The minimum Gasteiger partial charge on any atom is -0.381 e. The van der Waals surface area contributed by atoms with E-state index >= 15 is 0 Å². The summed E-state index contributed by atoms with van der Waals surface area (Å²) in [7, 11) is 0. The number of carbonyl (C=O) groups is 1. The van der Waals surface area contributed by atoms with Gasteiger partial charge in [0.2, 0.25) is 0 Å². The second-order valence-corrected chi connectivity index (χ2v) is 7.97. The summed E-state index contributed by atoms with van der Waals surface area (Å²) in [5.74, 6) is -0.181. The van der Waals surface area contributed by atoms with Crippen molar-refractivity contribution in [3.8, 4) is 0 Å². The number of hydrogen-bond donors (Lipinski definition) is 1. The predicted molar refractivity (Wildman–Crippen MR) is 105 cm³/mol. The Kier molecular flexibility index (Phi) is 6.05. The maximum atomic E-state index is 12.6. The lowest BCUT2D eigenvalue weighted by Crippen LogP contribution is -2.44. The summed E-state index contributed by atoms with van der Waals surface area (Å²) in [4.78, 5) is 12.6. The fraction of sp³-hybridized carbons (Fsp3) is 0.316. The largest absolute Gasteiger partial charge is 0.381 e. The Morgan fingerprint density at radius 2 is 1.92 bits per heavy atom. The van der Waals surface area contributed by atoms with Gasteiger partial charge in [0.15, 0.2) is 0 Å². The summed E-state index contributed by atoms with van der Waals surface area (Å²) in [6.07, 6.45) is 1.67. The number of halogens is 3. The van der Waals surface area contributed by atoms with Gasteiger partial charge in [-0.25, -0.2) is 0 Å². The van der Waals surface area contributed by atoms with E-state index in [-0.39, 0.29) is 11.3 Å². The molecule has 1 aliphatic heterocycles. The Morgan fingerprint density at radius 3 is 2.64 bits per heavy atom. The summed E-state index contributed by atoms with van der Waals surface area (Å²) in [5.41, 5.74) is 1.41. The van der Waals surface area contributed by atoms with E-state index in [2.05, 4.69) is 27.3 Å². The Balaban J connectivity index is 1.82. The monoisotopic (exact) mass is 441 g/mol. The van der Waals surface area contributed by atoms with Gasteiger partial charge in [-0.1, -0.05) is 51.3 Å². The lowest BCUT2D eigenvalue weighted by Gasteiger charge is -2.38. The molecule has 0 radical (unpaired) electrons. The van der Waals surface area contributed by atoms with Crippen LogP contribution >= 0.6 is 39.1 Å². The number of rotatable bonds is 4. The van der Waals surface area contributed by atoms with Crippen LogP contribution in [-0.4, -0.2) is 25.7 Å². The average molecular weight is 443 g/mol. The number of nitrogens with one attached hydrogen (secondary N) is 1. The minimum absolute atomic E-state index is 0.181. The average Bonchev–Trinajstić information content (AvgIpc) is 2.62. The summed E-state index contributed by atoms with van der Waals surface area (Å²) >= 11 is 15.7. The highest BCUT2D eigenvalue weighted by Gasteiger charge is 2.35. The van der Waals surface area contributed by atoms with Crippen LogP contribution in [0.1, 0.15) is 28.8 Å². The maximum Gasteiger partial charge on any atom is 0.252 e. The van der Waals surface area contributed by atoms with Crippen molar-refractivity contribution in [2.45, 2.75) is 18.3 Å². The molecule has 0 unspecified atom stereocenters. The van der Waals surface area contributed by atoms with Crippen LogP contribution in [0.25, 0.3) is 0 Å². The second-order valence-electron chi connectivity index (χ2n) is 6.21. The first-order valence-electron chi connectivity index (χ1n) is 8.07. The smallest absolute Gasteiger partial charge is 0.252 e. The molecule has 0 saturated carbocycles. The standard InChI is InChI=1S/C19H18BrCl2NO2/c20-14-4-5-17(22)16(11-14)18(24)23-12-19(6-8-25-9-7-19)13-2-1-3-15(21)10-13/h1-5,10-11H,6-9,12H2,(H,23,24). The van der Waals surface area contributed by atoms with Gasteiger partial charge >= 0.3 is 0 Å². The maximum absolute atomic E-state index is 12.6. The second kappa shape index (κ2) is 8.09. The quantitative estimate of drug-likeness (QED) is 0.703. The van der Waals surface area contributed by atoms with Crippen molar-refractivity contribution >= 4 is 45.0 Å². The SMILES string of the molecule is O=C(NCC1(c2cccc(Cl)c2)CCOCC1)c1cc(Br)ccc1Cl. The van der Waals surface area contributed by atoms with Gasteiger partial charge in [-0.3, -0.25) is 4.79 Å². The van der Waals surface area contributed by atoms with E-state index in [0.717, 1.165) is 22.9 Å². The van der Waals surface area contributed by atoms with E-state index in [1.807, 2.05) is 24.3 Å². The van der Waals surface area contributed by atoms with Crippen LogP contribution in [0.2, 0.25) is 10.0 Å². The first-order chi connectivity index (χ1) is 12.0. The predicted octanol–water partition coefficient (Wildman–Crippen LogP) is 5.23. The molecule has 2 aromatic carbocycles. The lowest BCUT2D eigenvalue weighted by atomic mass is 9.74. The van der Waals surface area contributed by atoms with Gasteiger partial charge in [-0.15, -0.1) is 0 Å². The molecule has 0 aromatic heterocycles. The summed E-state index contributed by atoms with van der Waals surface area (Å²) < 4.78 is 6.35. The molecule has 1 amide bonds. The van der Waals surface area contributed by atoms with E-state index in [4.69, 9.17) is 27.9 Å². The van der Waals surface area contributed by atoms with Gasteiger partial charge in [0.1, 0.15) is 0 Å². The van der Waals surface area contributed by atoms with Gasteiger partial charge in [-0.2, -0.15) is 0 Å². The van der Waals surface area contributed by atoms with Crippen molar-refractivity contribution in [1.29, 1.82) is 0 Å². The number of amides is 1. The van der Waals surface area contributed by atoms with Crippen LogP contribution < -0.4 is 5.32 Å². The van der Waals surface area contributed by atoms with Crippen LogP contribution in [-0.2, 0) is 10.2 Å². The van der Waals surface area contributed by atoms with Crippen LogP contribution in [0.3, 0.4) is 0 Å². The molecule has 1 heterocycles. The van der Waals surface area contributed by atoms with Crippen molar-refractivity contribution < 1.29 is 9.53 Å². The third-order valence-electron chi connectivity index (χ3n) is 4.65. The normalized spacial score (nSPS) is 16.4. The Labute approximate surface area is 165 Å². The molecule has 1 N–H and O–H groups in total. The highest BCUT2D eigenvalue weighted by molar-refractivity contribution is 9.10. The number of ether oxygens (including phenoxy) is 1. The van der Waals surface area contributed by atoms with Gasteiger partial charge in [0.05, 0.1) is 10.6 Å². The molecule has 1 saturated heterocycles. The number of benzene rings is 2. The molecule has 2 aromatic rings. The third kappa shape index (κ3) is 4.37. The van der Waals surface area contributed by atoms with E-state index in [0.29, 0.717) is 35.4 Å². The van der Waals surface area contributed by atoms with Crippen molar-refractivity contribution in [2.75, 3.05) is 19.8 Å². The lowest BCUT2D eigenvalue weighted by molar-refractivity contribution is 0.0487. The summed E-state index contributed by atoms with van der Waals surface area (Å²) in [6, 6.07) is 13.1. The molecule has 0 aliphatic carbocycles. The summed E-state index contributed by atoms with van der Waals surface area (Å²) in [5, 5.41) is 4.19. The van der Waals surface area contributed by atoms with Gasteiger partial charge in [0.25, 0.3) is 5.91 Å². The van der Waals surface area contributed by atoms with Crippen LogP contribution in [0.4, 0.5) is 0 Å². The molecule has 0 spiro atoms. The highest BCUT2D eigenvalue weighted by atomic mass is 79.9. The molecule has 0 bridgehead atoms. The zero-order valence-corrected chi connectivity index (χ0v) is 16.6. The van der Waals surface area contributed by atoms with Crippen molar-refractivity contribution in [3.05, 3.63) is 68.1 Å². The van der Waals surface area contributed by atoms with E-state index in [1.165, 1.54) is 0 Å². The van der Waals surface area contributed by atoms with E-state index < -0.39 is 0 Å². The molecular formula is C19H18BrCl2NO2. The van der Waals surface area contributed by atoms with E-state index in [1.54, 1.807) is 12.1 Å². The Hall–Kier alpha value is -1.07. The highest BCUT2D eigenvalue weighted by Crippen LogP contribution is 2.35. The molecule has 25 heavy (non-hydrogen) atoms. The number of carbonyl (C=O) groups excluding carboxylic acids is 1. The van der Waals surface area contributed by atoms with Crippen molar-refractivity contribution in [3.63, 3.8) is 0 Å². The molecule has 1 fully saturated rings. The van der Waals surface area contributed by atoms with Gasteiger partial charge in [0, 0.05) is 34.7 Å². The summed E-state index contributed by atoms with van der Waals surface area (Å²) in [6.45, 7) is 1.85. The van der Waals surface area contributed by atoms with E-state index in [9.17, 15) is 4.79 Å². The van der Waals surface area contributed by atoms with Gasteiger partial charge < -0.3 is 10.1 Å². The fourth-order valence-corrected chi connectivity index (χ4v) is 3.92. The first-order valence-corrected chi connectivity index (χ1v) is 9.62. The topological polar surface area (TPSA) is 38.3 Å². The first kappa shape index (κ1) is 18.7. The van der Waals surface area contributed by atoms with Crippen molar-refractivity contribution in [2.24, 2.45) is 0 Å². The molecular weight excluding hydrogens is 425 g/mol. The third-order valence-corrected chi connectivity index (χ3v) is 5.71. The number of hydrogen-bond acceptors (Lipinski definition) is 2. The molecule has 6 heteroatoms. The Bertz CT molecular complexity index is 776. The minimum atomic E-state index is -0.183. The molecule has 0 atom stereocenters. The van der Waals surface area contributed by atoms with Gasteiger partial charge in [-0.05, 0) is 48.7 Å². The zero-order chi connectivity index (χ0) is 17.9. The van der Waals surface area contributed by atoms with Crippen molar-refractivity contribution in [1.82, 2.24) is 5.32 Å². The zero-order valence-electron chi connectivity index (χ0n) is 13.5. The molecule has 3 nitrogen and oxygen atoms in total. The van der Waals surface area contributed by atoms with Crippen LogP contribution in [0, 0.1) is 0 Å². The van der Waals surface area contributed by atoms with Crippen LogP contribution in [0.5, 0.6) is 0 Å². The molecule has 132 valence electrons. The molecule has 3 rings (SSSR count). The Morgan fingerprint density at radius 1 is 1.16 bits per heavy atom. The fourth-order valence-electron chi connectivity index (χ4n) is 3.16. The molecule has 1 aliphatic rings.